The van der Waals surface area contributed by atoms with Gasteiger partial charge >= 0.3 is 12.4 Å². The molecule has 0 radical (unpaired) electrons. The third-order valence-electron chi connectivity index (χ3n) is 4.09. The lowest BCUT2D eigenvalue weighted by Gasteiger charge is -2.14. The van der Waals surface area contributed by atoms with Crippen LogP contribution in [0.15, 0.2) is 41.5 Å². The van der Waals surface area contributed by atoms with Crippen molar-refractivity contribution in [3.63, 3.8) is 0 Å². The minimum absolute atomic E-state index is 0.0409. The number of hydrogen-bond acceptors (Lipinski definition) is 4. The lowest BCUT2D eigenvalue weighted by atomic mass is 10.0. The van der Waals surface area contributed by atoms with E-state index in [1.54, 1.807) is 18.2 Å². The monoisotopic (exact) mass is 432 g/mol. The van der Waals surface area contributed by atoms with Gasteiger partial charge in [0.1, 0.15) is 0 Å². The van der Waals surface area contributed by atoms with Crippen molar-refractivity contribution in [2.75, 3.05) is 6.79 Å². The van der Waals surface area contributed by atoms with Crippen molar-refractivity contribution in [1.29, 1.82) is 0 Å². The summed E-state index contributed by atoms with van der Waals surface area (Å²) in [7, 11) is 0. The number of carbonyl (C=O) groups is 1. The zero-order valence-electron chi connectivity index (χ0n) is 15.1. The van der Waals surface area contributed by atoms with Crippen LogP contribution in [0.2, 0.25) is 0 Å². The molecule has 0 saturated heterocycles. The first kappa shape index (κ1) is 21.5. The molecule has 3 rings (SSSR count). The average Bonchev–Trinajstić information content (AvgIpc) is 3.12. The fourth-order valence-corrected chi connectivity index (χ4v) is 2.65. The van der Waals surface area contributed by atoms with Crippen LogP contribution in [0.3, 0.4) is 0 Å². The fourth-order valence-electron chi connectivity index (χ4n) is 2.65. The molecule has 0 fully saturated rings. The van der Waals surface area contributed by atoms with Crippen LogP contribution in [-0.4, -0.2) is 18.9 Å². The zero-order chi connectivity index (χ0) is 21.9. The minimum atomic E-state index is -4.94. The highest BCUT2D eigenvalue weighted by molar-refractivity contribution is 5.83. The van der Waals surface area contributed by atoms with E-state index < -0.39 is 29.4 Å². The largest absolute Gasteiger partial charge is 0.454 e. The van der Waals surface area contributed by atoms with Crippen LogP contribution in [0.5, 0.6) is 11.5 Å². The van der Waals surface area contributed by atoms with Gasteiger partial charge in [-0.2, -0.15) is 31.4 Å². The molecule has 0 aromatic heterocycles. The second kappa shape index (κ2) is 8.25. The molecule has 2 aromatic carbocycles. The molecule has 1 heterocycles. The molecule has 0 unspecified atom stereocenters. The molecule has 160 valence electrons. The van der Waals surface area contributed by atoms with Crippen molar-refractivity contribution in [2.24, 2.45) is 5.10 Å². The molecule has 0 spiro atoms. The Morgan fingerprint density at radius 3 is 2.23 bits per heavy atom. The van der Waals surface area contributed by atoms with E-state index >= 15 is 0 Å². The van der Waals surface area contributed by atoms with Gasteiger partial charge in [0, 0.05) is 6.42 Å². The molecule has 5 nitrogen and oxygen atoms in total. The van der Waals surface area contributed by atoms with Crippen molar-refractivity contribution in [2.45, 2.75) is 25.2 Å². The third kappa shape index (κ3) is 5.43. The van der Waals surface area contributed by atoms with E-state index in [-0.39, 0.29) is 31.3 Å². The van der Waals surface area contributed by atoms with E-state index in [0.717, 1.165) is 0 Å². The summed E-state index contributed by atoms with van der Waals surface area (Å²) >= 11 is 0. The maximum absolute atomic E-state index is 12.9. The molecule has 0 saturated carbocycles. The van der Waals surface area contributed by atoms with Gasteiger partial charge in [-0.15, -0.1) is 0 Å². The van der Waals surface area contributed by atoms with Crippen molar-refractivity contribution in [1.82, 2.24) is 5.43 Å². The molecule has 1 aliphatic rings. The zero-order valence-corrected chi connectivity index (χ0v) is 15.1. The highest BCUT2D eigenvalue weighted by atomic mass is 19.4. The Balaban J connectivity index is 1.61. The molecule has 2 aromatic rings. The Morgan fingerprint density at radius 2 is 1.60 bits per heavy atom. The van der Waals surface area contributed by atoms with Crippen LogP contribution in [0.1, 0.15) is 28.7 Å². The number of hydrazone groups is 1. The van der Waals surface area contributed by atoms with Gasteiger partial charge in [-0.3, -0.25) is 4.79 Å². The van der Waals surface area contributed by atoms with Crippen molar-refractivity contribution >= 4 is 12.1 Å². The summed E-state index contributed by atoms with van der Waals surface area (Å²) in [5.74, 6) is 0.406. The maximum atomic E-state index is 12.9. The Kier molecular flexibility index (Phi) is 5.90. The lowest BCUT2D eigenvalue weighted by Crippen LogP contribution is -2.18. The Bertz CT molecular complexity index is 937. The molecule has 1 N–H and O–H groups in total. The summed E-state index contributed by atoms with van der Waals surface area (Å²) in [6.45, 7) is 0.0955. The second-order valence-electron chi connectivity index (χ2n) is 6.32. The number of ether oxygens (including phenoxy) is 2. The van der Waals surface area contributed by atoms with Crippen LogP contribution < -0.4 is 14.9 Å². The van der Waals surface area contributed by atoms with Crippen LogP contribution in [0.25, 0.3) is 0 Å². The van der Waals surface area contributed by atoms with E-state index in [9.17, 15) is 31.1 Å². The number of halogens is 6. The van der Waals surface area contributed by atoms with Gasteiger partial charge < -0.3 is 9.47 Å². The number of nitrogens with one attached hydrogen (secondary N) is 1. The number of alkyl halides is 6. The predicted octanol–water partition coefficient (Wildman–Crippen LogP) is 4.54. The number of amides is 1. The fraction of sp³-hybridized carbons (Fsp3) is 0.263. The van der Waals surface area contributed by atoms with Crippen LogP contribution >= 0.6 is 0 Å². The maximum Gasteiger partial charge on any atom is 0.416 e. The number of benzene rings is 2. The molecule has 0 atom stereocenters. The Hall–Kier alpha value is -3.24. The topological polar surface area (TPSA) is 59.9 Å². The molecule has 11 heteroatoms. The summed E-state index contributed by atoms with van der Waals surface area (Å²) in [4.78, 5) is 11.8. The van der Waals surface area contributed by atoms with E-state index in [2.05, 4.69) is 10.5 Å². The number of aryl methyl sites for hydroxylation is 1. The summed E-state index contributed by atoms with van der Waals surface area (Å²) < 4.78 is 87.5. The number of rotatable bonds is 5. The number of nitrogens with zero attached hydrogens (tertiary/aromatic N) is 1. The first-order valence-corrected chi connectivity index (χ1v) is 8.52. The molecular formula is C19H14F6N2O3. The average molecular weight is 432 g/mol. The molecule has 1 amide bonds. The first-order chi connectivity index (χ1) is 14.0. The minimum Gasteiger partial charge on any atom is -0.454 e. The first-order valence-electron chi connectivity index (χ1n) is 8.52. The molecule has 0 aliphatic carbocycles. The lowest BCUT2D eigenvalue weighted by molar-refractivity contribution is -0.143. The summed E-state index contributed by atoms with van der Waals surface area (Å²) in [6.07, 6.45) is -9.23. The third-order valence-corrected chi connectivity index (χ3v) is 4.09. The number of hydrogen-bond donors (Lipinski definition) is 1. The van der Waals surface area contributed by atoms with Gasteiger partial charge in [0.15, 0.2) is 11.5 Å². The van der Waals surface area contributed by atoms with Gasteiger partial charge in [-0.1, -0.05) is 0 Å². The van der Waals surface area contributed by atoms with E-state index in [0.29, 0.717) is 29.2 Å². The number of fused-ring (bicyclic) bond motifs is 1. The van der Waals surface area contributed by atoms with Crippen LogP contribution in [0.4, 0.5) is 26.3 Å². The van der Waals surface area contributed by atoms with Gasteiger partial charge in [-0.25, -0.2) is 5.43 Å². The Morgan fingerprint density at radius 1 is 0.967 bits per heavy atom. The summed E-state index contributed by atoms with van der Waals surface area (Å²) in [5, 5.41) is 3.71. The Labute approximate surface area is 166 Å². The smallest absolute Gasteiger partial charge is 0.416 e. The molecular weight excluding hydrogens is 418 g/mol. The highest BCUT2D eigenvalue weighted by Crippen LogP contribution is 2.36. The second-order valence-corrected chi connectivity index (χ2v) is 6.32. The SMILES string of the molecule is O=C(CCc1cc(C(F)(F)F)cc(C(F)(F)F)c1)N/N=C\c1ccc2c(c1)OCO2. The normalized spacial score (nSPS) is 13.7. The quantitative estimate of drug-likeness (QED) is 0.429. The summed E-state index contributed by atoms with van der Waals surface area (Å²) in [5.41, 5.74) is -0.340. The molecule has 30 heavy (non-hydrogen) atoms. The van der Waals surface area contributed by atoms with Gasteiger partial charge in [0.2, 0.25) is 12.7 Å². The molecule has 1 aliphatic heterocycles. The van der Waals surface area contributed by atoms with E-state index in [1.165, 1.54) is 6.21 Å². The predicted molar refractivity (Wildman–Crippen MR) is 93.1 cm³/mol. The molecule has 0 bridgehead atoms. The van der Waals surface area contributed by atoms with Gasteiger partial charge in [-0.05, 0) is 53.9 Å². The van der Waals surface area contributed by atoms with Crippen LogP contribution in [-0.2, 0) is 23.6 Å². The highest BCUT2D eigenvalue weighted by Gasteiger charge is 2.36. The van der Waals surface area contributed by atoms with E-state index in [1.807, 2.05) is 0 Å². The van der Waals surface area contributed by atoms with Gasteiger partial charge in [0.05, 0.1) is 17.3 Å². The van der Waals surface area contributed by atoms with Crippen molar-refractivity contribution in [3.05, 3.63) is 58.7 Å². The van der Waals surface area contributed by atoms with Crippen molar-refractivity contribution in [3.8, 4) is 11.5 Å². The van der Waals surface area contributed by atoms with Gasteiger partial charge in [0.25, 0.3) is 0 Å². The standard InChI is InChI=1S/C19H14F6N2O3/c20-18(21,22)13-5-11(6-14(8-13)19(23,24)25)2-4-17(28)27-26-9-12-1-3-15-16(7-12)30-10-29-15/h1,3,5-9H,2,4,10H2,(H,27,28)/b26-9-. The van der Waals surface area contributed by atoms with E-state index in [4.69, 9.17) is 9.47 Å². The number of carbonyl (C=O) groups excluding carboxylic acids is 1. The van der Waals surface area contributed by atoms with Crippen LogP contribution in [0, 0.1) is 0 Å². The van der Waals surface area contributed by atoms with Crippen molar-refractivity contribution < 1.29 is 40.6 Å². The summed E-state index contributed by atoms with van der Waals surface area (Å²) in [6, 6.07) is 6.16.